The topological polar surface area (TPSA) is 83.8 Å². The highest BCUT2D eigenvalue weighted by Crippen LogP contribution is 2.54. The van der Waals surface area contributed by atoms with Crippen molar-refractivity contribution in [1.82, 2.24) is 15.5 Å². The van der Waals surface area contributed by atoms with Crippen LogP contribution in [0.5, 0.6) is 0 Å². The fraction of sp³-hybridized carbons (Fsp3) is 0.524. The number of hydrogen-bond donors (Lipinski definition) is 2. The lowest BCUT2D eigenvalue weighted by molar-refractivity contribution is -0.121. The van der Waals surface area contributed by atoms with Crippen LogP contribution in [0.25, 0.3) is 11.0 Å². The third kappa shape index (κ3) is 2.81. The molecule has 3 fully saturated rings. The molecule has 7 nitrogen and oxygen atoms in total. The zero-order chi connectivity index (χ0) is 19.3. The number of likely N-dealkylation sites (tertiary alicyclic amines) is 1. The molecular weight excluding hydrogens is 358 g/mol. The summed E-state index contributed by atoms with van der Waals surface area (Å²) in [5.74, 6) is 0.810. The Morgan fingerprint density at radius 1 is 1.32 bits per heavy atom. The summed E-state index contributed by atoms with van der Waals surface area (Å²) < 4.78 is 12.0. The van der Waals surface area contributed by atoms with Crippen molar-refractivity contribution in [3.63, 3.8) is 0 Å². The number of para-hydroxylation sites is 1. The van der Waals surface area contributed by atoms with Gasteiger partial charge >= 0.3 is 0 Å². The molecule has 148 valence electrons. The van der Waals surface area contributed by atoms with E-state index in [2.05, 4.69) is 15.5 Å². The molecule has 1 aromatic carbocycles. The van der Waals surface area contributed by atoms with Gasteiger partial charge in [-0.3, -0.25) is 14.5 Å². The Balaban J connectivity index is 1.25. The van der Waals surface area contributed by atoms with Crippen molar-refractivity contribution in [2.75, 3.05) is 33.2 Å². The molecule has 0 saturated carbocycles. The molecule has 2 bridgehead atoms. The number of furan rings is 1. The second-order valence-electron chi connectivity index (χ2n) is 8.23. The first-order valence-corrected chi connectivity index (χ1v) is 9.95. The summed E-state index contributed by atoms with van der Waals surface area (Å²) in [4.78, 5) is 26.5. The number of benzene rings is 1. The Morgan fingerprint density at radius 3 is 3.00 bits per heavy atom. The van der Waals surface area contributed by atoms with Gasteiger partial charge in [0.05, 0.1) is 18.2 Å². The predicted octanol–water partition coefficient (Wildman–Crippen LogP) is 1.39. The Morgan fingerprint density at radius 2 is 2.18 bits per heavy atom. The highest BCUT2D eigenvalue weighted by molar-refractivity contribution is 5.96. The minimum Gasteiger partial charge on any atom is -0.451 e. The average Bonchev–Trinajstić information content (AvgIpc) is 3.44. The first-order chi connectivity index (χ1) is 13.6. The molecule has 2 amide bonds. The van der Waals surface area contributed by atoms with E-state index in [-0.39, 0.29) is 29.4 Å². The first kappa shape index (κ1) is 17.7. The predicted molar refractivity (Wildman–Crippen MR) is 103 cm³/mol. The number of carbonyl (C=O) groups excluding carboxylic acids is 2. The fourth-order valence-electron chi connectivity index (χ4n) is 5.35. The lowest BCUT2D eigenvalue weighted by Crippen LogP contribution is -2.41. The van der Waals surface area contributed by atoms with Gasteiger partial charge in [0, 0.05) is 43.9 Å². The summed E-state index contributed by atoms with van der Waals surface area (Å²) in [6, 6.07) is 9.40. The van der Waals surface area contributed by atoms with Crippen LogP contribution in [0.3, 0.4) is 0 Å². The van der Waals surface area contributed by atoms with Crippen molar-refractivity contribution in [1.29, 1.82) is 0 Å². The lowest BCUT2D eigenvalue weighted by Gasteiger charge is -2.29. The Bertz CT molecular complexity index is 892. The van der Waals surface area contributed by atoms with Gasteiger partial charge in [0.2, 0.25) is 5.91 Å². The monoisotopic (exact) mass is 383 g/mol. The zero-order valence-electron chi connectivity index (χ0n) is 15.9. The molecule has 3 aliphatic heterocycles. The van der Waals surface area contributed by atoms with Crippen molar-refractivity contribution in [3.05, 3.63) is 36.1 Å². The van der Waals surface area contributed by atoms with Gasteiger partial charge in [-0.25, -0.2) is 0 Å². The van der Waals surface area contributed by atoms with Crippen molar-refractivity contribution < 1.29 is 18.7 Å². The molecule has 7 heteroatoms. The summed E-state index contributed by atoms with van der Waals surface area (Å²) in [5.41, 5.74) is 0.573. The number of nitrogens with zero attached hydrogens (tertiary/aromatic N) is 1. The third-order valence-electron chi connectivity index (χ3n) is 6.65. The van der Waals surface area contributed by atoms with Crippen LogP contribution in [0.15, 0.2) is 34.7 Å². The number of nitrogens with one attached hydrogen (secondary N) is 2. The summed E-state index contributed by atoms with van der Waals surface area (Å²) in [7, 11) is 1.66. The minimum absolute atomic E-state index is 0.0284. The van der Waals surface area contributed by atoms with Gasteiger partial charge in [0.25, 0.3) is 5.91 Å². The zero-order valence-corrected chi connectivity index (χ0v) is 15.9. The number of fused-ring (bicyclic) bond motifs is 2. The van der Waals surface area contributed by atoms with Gasteiger partial charge in [0.1, 0.15) is 5.58 Å². The molecule has 3 aliphatic rings. The summed E-state index contributed by atoms with van der Waals surface area (Å²) in [6.45, 7) is 2.62. The van der Waals surface area contributed by atoms with E-state index in [9.17, 15) is 9.59 Å². The summed E-state index contributed by atoms with van der Waals surface area (Å²) in [5, 5.41) is 6.67. The number of ether oxygens (including phenoxy) is 1. The van der Waals surface area contributed by atoms with Gasteiger partial charge in [-0.15, -0.1) is 0 Å². The normalized spacial score (nSPS) is 31.2. The second kappa shape index (κ2) is 6.60. The maximum Gasteiger partial charge on any atom is 0.287 e. The van der Waals surface area contributed by atoms with Crippen LogP contribution in [0, 0.1) is 11.8 Å². The van der Waals surface area contributed by atoms with Gasteiger partial charge in [-0.05, 0) is 25.0 Å². The SMILES string of the molecule is CNC(=O)CN1C[C@@H]2[C@H](CNC(=O)c3cc4ccccc4o3)[C@H]3CC[C@]2(C1)O3. The molecule has 4 heterocycles. The van der Waals surface area contributed by atoms with E-state index in [0.717, 1.165) is 36.9 Å². The summed E-state index contributed by atoms with van der Waals surface area (Å²) >= 11 is 0. The number of hydrogen-bond acceptors (Lipinski definition) is 5. The van der Waals surface area contributed by atoms with E-state index >= 15 is 0 Å². The lowest BCUT2D eigenvalue weighted by atomic mass is 9.73. The van der Waals surface area contributed by atoms with Gasteiger partial charge in [-0.1, -0.05) is 18.2 Å². The Kier molecular flexibility index (Phi) is 4.17. The molecule has 0 aliphatic carbocycles. The standard InChI is InChI=1S/C21H25N3O4/c1-22-19(25)11-24-10-15-14(17-6-7-21(15,12-24)28-17)9-23-20(26)18-8-13-4-2-3-5-16(13)27-18/h2-5,8,14-15,17H,6-7,9-12H2,1H3,(H,22,25)(H,23,26)/t14-,15+,17+,21+/m0/s1. The largest absolute Gasteiger partial charge is 0.451 e. The number of carbonyl (C=O) groups is 2. The smallest absolute Gasteiger partial charge is 0.287 e. The molecule has 1 spiro atoms. The number of amides is 2. The first-order valence-electron chi connectivity index (χ1n) is 9.95. The van der Waals surface area contributed by atoms with E-state index in [4.69, 9.17) is 9.15 Å². The molecular formula is C21H25N3O4. The van der Waals surface area contributed by atoms with Crippen LogP contribution in [0.1, 0.15) is 23.4 Å². The fourth-order valence-corrected chi connectivity index (χ4v) is 5.35. The van der Waals surface area contributed by atoms with Crippen molar-refractivity contribution in [2.24, 2.45) is 11.8 Å². The molecule has 4 atom stereocenters. The molecule has 2 N–H and O–H groups in total. The van der Waals surface area contributed by atoms with Gasteiger partial charge in [-0.2, -0.15) is 0 Å². The van der Waals surface area contributed by atoms with Crippen LogP contribution < -0.4 is 10.6 Å². The van der Waals surface area contributed by atoms with E-state index in [0.29, 0.717) is 24.8 Å². The molecule has 3 saturated heterocycles. The van der Waals surface area contributed by atoms with E-state index < -0.39 is 0 Å². The molecule has 2 aromatic rings. The Hall–Kier alpha value is -2.38. The van der Waals surface area contributed by atoms with Crippen LogP contribution in [-0.4, -0.2) is 61.6 Å². The molecule has 0 radical (unpaired) electrons. The highest BCUT2D eigenvalue weighted by Gasteiger charge is 2.62. The van der Waals surface area contributed by atoms with E-state index in [1.807, 2.05) is 24.3 Å². The average molecular weight is 383 g/mol. The van der Waals surface area contributed by atoms with Crippen LogP contribution >= 0.6 is 0 Å². The van der Waals surface area contributed by atoms with Crippen molar-refractivity contribution in [3.8, 4) is 0 Å². The van der Waals surface area contributed by atoms with E-state index in [1.54, 1.807) is 13.1 Å². The van der Waals surface area contributed by atoms with Gasteiger partial charge in [0.15, 0.2) is 5.76 Å². The maximum absolute atomic E-state index is 12.6. The van der Waals surface area contributed by atoms with Crippen LogP contribution in [0.2, 0.25) is 0 Å². The third-order valence-corrected chi connectivity index (χ3v) is 6.65. The second-order valence-corrected chi connectivity index (χ2v) is 8.23. The highest BCUT2D eigenvalue weighted by atomic mass is 16.5. The molecule has 1 aromatic heterocycles. The quantitative estimate of drug-likeness (QED) is 0.815. The maximum atomic E-state index is 12.6. The molecule has 0 unspecified atom stereocenters. The van der Waals surface area contributed by atoms with Gasteiger partial charge < -0.3 is 19.8 Å². The molecule has 5 rings (SSSR count). The minimum atomic E-state index is -0.187. The number of likely N-dealkylation sites (N-methyl/N-ethyl adjacent to an activating group) is 1. The Labute approximate surface area is 163 Å². The van der Waals surface area contributed by atoms with Crippen LogP contribution in [-0.2, 0) is 9.53 Å². The van der Waals surface area contributed by atoms with E-state index in [1.165, 1.54) is 0 Å². The van der Waals surface area contributed by atoms with Crippen molar-refractivity contribution in [2.45, 2.75) is 24.5 Å². The van der Waals surface area contributed by atoms with Crippen LogP contribution in [0.4, 0.5) is 0 Å². The summed E-state index contributed by atoms with van der Waals surface area (Å²) in [6.07, 6.45) is 2.26. The van der Waals surface area contributed by atoms with Crippen molar-refractivity contribution >= 4 is 22.8 Å². The number of rotatable bonds is 5. The molecule has 28 heavy (non-hydrogen) atoms.